The fourth-order valence-electron chi connectivity index (χ4n) is 1.74. The molecule has 0 spiro atoms. The minimum atomic E-state index is -0.788. The first kappa shape index (κ1) is 9.49. The topological polar surface area (TPSA) is 40.5 Å². The molecule has 0 aromatic heterocycles. The first-order chi connectivity index (χ1) is 6.65. The molecule has 0 aliphatic carbocycles. The molecule has 1 aromatic rings. The maximum absolute atomic E-state index is 10.5. The first-order valence-corrected chi connectivity index (χ1v) is 4.74. The van der Waals surface area contributed by atoms with Crippen molar-refractivity contribution in [3.8, 4) is 0 Å². The monoisotopic (exact) mass is 211 g/mol. The molecule has 74 valence electrons. The maximum Gasteiger partial charge on any atom is 0.317 e. The smallest absolute Gasteiger partial charge is 0.317 e. The Morgan fingerprint density at radius 3 is 2.86 bits per heavy atom. The maximum atomic E-state index is 10.5. The van der Waals surface area contributed by atoms with Crippen molar-refractivity contribution in [2.24, 2.45) is 0 Å². The predicted octanol–water partition coefficient (Wildman–Crippen LogP) is 1.74. The van der Waals surface area contributed by atoms with E-state index in [0.717, 1.165) is 5.56 Å². The number of carbonyl (C=O) groups is 1. The van der Waals surface area contributed by atoms with Crippen LogP contribution in [0.4, 0.5) is 0 Å². The average molecular weight is 212 g/mol. The van der Waals surface area contributed by atoms with Crippen molar-refractivity contribution >= 4 is 17.6 Å². The number of carboxylic acid groups (broad SMARTS) is 1. The molecule has 0 atom stereocenters. The van der Waals surface area contributed by atoms with E-state index in [1.54, 1.807) is 0 Å². The SMILES string of the molecule is O=C(O)CN1Cc2ccc(Cl)cc2C1. The number of carboxylic acids is 1. The zero-order valence-electron chi connectivity index (χ0n) is 7.53. The van der Waals surface area contributed by atoms with Gasteiger partial charge in [-0.05, 0) is 23.3 Å². The van der Waals surface area contributed by atoms with Crippen LogP contribution >= 0.6 is 11.6 Å². The first-order valence-electron chi connectivity index (χ1n) is 4.36. The van der Waals surface area contributed by atoms with Crippen LogP contribution in [-0.2, 0) is 17.9 Å². The minimum Gasteiger partial charge on any atom is -0.480 e. The Balaban J connectivity index is 2.14. The van der Waals surface area contributed by atoms with E-state index in [4.69, 9.17) is 16.7 Å². The summed E-state index contributed by atoms with van der Waals surface area (Å²) in [5.74, 6) is -0.788. The van der Waals surface area contributed by atoms with Crippen LogP contribution < -0.4 is 0 Å². The van der Waals surface area contributed by atoms with E-state index in [1.807, 2.05) is 23.1 Å². The van der Waals surface area contributed by atoms with Gasteiger partial charge in [-0.3, -0.25) is 9.69 Å². The van der Waals surface area contributed by atoms with Crippen molar-refractivity contribution in [2.75, 3.05) is 6.54 Å². The number of rotatable bonds is 2. The molecular formula is C10H10ClNO2. The average Bonchev–Trinajstić information content (AvgIpc) is 2.44. The zero-order valence-corrected chi connectivity index (χ0v) is 8.29. The van der Waals surface area contributed by atoms with Gasteiger partial charge in [-0.15, -0.1) is 0 Å². The van der Waals surface area contributed by atoms with Crippen LogP contribution in [0.5, 0.6) is 0 Å². The van der Waals surface area contributed by atoms with E-state index in [0.29, 0.717) is 18.1 Å². The zero-order chi connectivity index (χ0) is 10.1. The molecule has 1 heterocycles. The molecule has 0 amide bonds. The molecule has 14 heavy (non-hydrogen) atoms. The summed E-state index contributed by atoms with van der Waals surface area (Å²) in [7, 11) is 0. The molecule has 1 aliphatic rings. The number of hydrogen-bond donors (Lipinski definition) is 1. The third kappa shape index (κ3) is 1.89. The summed E-state index contributed by atoms with van der Waals surface area (Å²) in [5.41, 5.74) is 2.31. The number of benzene rings is 1. The van der Waals surface area contributed by atoms with Gasteiger partial charge in [0.25, 0.3) is 0 Å². The fraction of sp³-hybridized carbons (Fsp3) is 0.300. The molecular weight excluding hydrogens is 202 g/mol. The van der Waals surface area contributed by atoms with Crippen LogP contribution in [0.2, 0.25) is 5.02 Å². The summed E-state index contributed by atoms with van der Waals surface area (Å²) < 4.78 is 0. The van der Waals surface area contributed by atoms with Gasteiger partial charge in [0.1, 0.15) is 0 Å². The van der Waals surface area contributed by atoms with Crippen LogP contribution in [0.3, 0.4) is 0 Å². The lowest BCUT2D eigenvalue weighted by molar-refractivity contribution is -0.138. The quantitative estimate of drug-likeness (QED) is 0.810. The molecule has 1 N–H and O–H groups in total. The van der Waals surface area contributed by atoms with Crippen LogP contribution in [-0.4, -0.2) is 22.5 Å². The van der Waals surface area contributed by atoms with Crippen LogP contribution in [0, 0.1) is 0 Å². The molecule has 0 saturated carbocycles. The van der Waals surface area contributed by atoms with E-state index in [-0.39, 0.29) is 6.54 Å². The van der Waals surface area contributed by atoms with Gasteiger partial charge in [-0.25, -0.2) is 0 Å². The van der Waals surface area contributed by atoms with Crippen molar-refractivity contribution in [1.82, 2.24) is 4.90 Å². The van der Waals surface area contributed by atoms with E-state index in [1.165, 1.54) is 5.56 Å². The van der Waals surface area contributed by atoms with Crippen LogP contribution in [0.1, 0.15) is 11.1 Å². The number of fused-ring (bicyclic) bond motifs is 1. The standard InChI is InChI=1S/C10H10ClNO2/c11-9-2-1-7-4-12(6-10(13)14)5-8(7)3-9/h1-3H,4-6H2,(H,13,14). The largest absolute Gasteiger partial charge is 0.480 e. The predicted molar refractivity (Wildman–Crippen MR) is 53.2 cm³/mol. The highest BCUT2D eigenvalue weighted by molar-refractivity contribution is 6.30. The molecule has 1 aromatic carbocycles. The molecule has 0 radical (unpaired) electrons. The molecule has 2 rings (SSSR count). The van der Waals surface area contributed by atoms with Crippen LogP contribution in [0.25, 0.3) is 0 Å². The highest BCUT2D eigenvalue weighted by atomic mass is 35.5. The Morgan fingerprint density at radius 1 is 1.43 bits per heavy atom. The molecule has 0 saturated heterocycles. The summed E-state index contributed by atoms with van der Waals surface area (Å²) >= 11 is 5.84. The molecule has 1 aliphatic heterocycles. The number of nitrogens with zero attached hydrogens (tertiary/aromatic N) is 1. The summed E-state index contributed by atoms with van der Waals surface area (Å²) in [6.45, 7) is 1.48. The lowest BCUT2D eigenvalue weighted by Gasteiger charge is -2.09. The van der Waals surface area contributed by atoms with Crippen molar-refractivity contribution in [3.05, 3.63) is 34.3 Å². The van der Waals surface area contributed by atoms with Crippen molar-refractivity contribution in [3.63, 3.8) is 0 Å². The minimum absolute atomic E-state index is 0.0896. The van der Waals surface area contributed by atoms with Gasteiger partial charge >= 0.3 is 5.97 Å². The van der Waals surface area contributed by atoms with Gasteiger partial charge in [-0.1, -0.05) is 17.7 Å². The molecule has 3 nitrogen and oxygen atoms in total. The second-order valence-corrected chi connectivity index (χ2v) is 3.89. The fourth-order valence-corrected chi connectivity index (χ4v) is 1.93. The summed E-state index contributed by atoms with van der Waals surface area (Å²) in [6, 6.07) is 5.70. The van der Waals surface area contributed by atoms with E-state index in [9.17, 15) is 4.79 Å². The summed E-state index contributed by atoms with van der Waals surface area (Å²) in [5, 5.41) is 9.35. The van der Waals surface area contributed by atoms with Crippen molar-refractivity contribution in [1.29, 1.82) is 0 Å². The third-order valence-corrected chi connectivity index (χ3v) is 2.55. The summed E-state index contributed by atoms with van der Waals surface area (Å²) in [4.78, 5) is 12.4. The van der Waals surface area contributed by atoms with E-state index in [2.05, 4.69) is 0 Å². The van der Waals surface area contributed by atoms with Crippen molar-refractivity contribution < 1.29 is 9.90 Å². The van der Waals surface area contributed by atoms with Gasteiger partial charge in [0.2, 0.25) is 0 Å². The van der Waals surface area contributed by atoms with Gasteiger partial charge in [-0.2, -0.15) is 0 Å². The van der Waals surface area contributed by atoms with E-state index >= 15 is 0 Å². The Labute approximate surface area is 86.9 Å². The Hall–Kier alpha value is -1.06. The Kier molecular flexibility index (Phi) is 2.44. The number of hydrogen-bond acceptors (Lipinski definition) is 2. The van der Waals surface area contributed by atoms with Gasteiger partial charge in [0, 0.05) is 18.1 Å². The summed E-state index contributed by atoms with van der Waals surface area (Å²) in [6.07, 6.45) is 0. The third-order valence-electron chi connectivity index (χ3n) is 2.32. The molecule has 0 fully saturated rings. The lowest BCUT2D eigenvalue weighted by atomic mass is 10.1. The Bertz CT molecular complexity index is 378. The molecule has 4 heteroatoms. The number of aliphatic carboxylic acids is 1. The van der Waals surface area contributed by atoms with Crippen LogP contribution in [0.15, 0.2) is 18.2 Å². The molecule has 0 unspecified atom stereocenters. The van der Waals surface area contributed by atoms with Gasteiger partial charge in [0.05, 0.1) is 6.54 Å². The highest BCUT2D eigenvalue weighted by Gasteiger charge is 2.20. The number of halogens is 1. The van der Waals surface area contributed by atoms with Gasteiger partial charge in [0.15, 0.2) is 0 Å². The molecule has 0 bridgehead atoms. The normalized spacial score (nSPS) is 15.5. The van der Waals surface area contributed by atoms with Crippen molar-refractivity contribution in [2.45, 2.75) is 13.1 Å². The second-order valence-electron chi connectivity index (χ2n) is 3.45. The van der Waals surface area contributed by atoms with E-state index < -0.39 is 5.97 Å². The Morgan fingerprint density at radius 2 is 2.14 bits per heavy atom. The highest BCUT2D eigenvalue weighted by Crippen LogP contribution is 2.25. The lowest BCUT2D eigenvalue weighted by Crippen LogP contribution is -2.24. The van der Waals surface area contributed by atoms with Gasteiger partial charge < -0.3 is 5.11 Å². The second kappa shape index (κ2) is 3.59.